The van der Waals surface area contributed by atoms with Gasteiger partial charge in [-0.25, -0.2) is 0 Å². The first-order chi connectivity index (χ1) is 8.21. The molecule has 0 atom stereocenters. The number of carbonyl (C=O) groups is 1. The molecule has 0 N–H and O–H groups in total. The van der Waals surface area contributed by atoms with Crippen LogP contribution in [0, 0.1) is 5.92 Å². The molecule has 1 rings (SSSR count). The molecule has 0 saturated carbocycles. The number of esters is 1. The minimum Gasteiger partial charge on any atom is -0.466 e. The predicted octanol–water partition coefficient (Wildman–Crippen LogP) is 0.880. The molecule has 100 valence electrons. The van der Waals surface area contributed by atoms with Crippen molar-refractivity contribution in [3.8, 4) is 0 Å². The number of hydrogen-bond acceptors (Lipinski definition) is 5. The van der Waals surface area contributed by atoms with E-state index in [4.69, 9.17) is 14.2 Å². The van der Waals surface area contributed by atoms with E-state index >= 15 is 0 Å². The first kappa shape index (κ1) is 14.4. The molecule has 0 aromatic heterocycles. The van der Waals surface area contributed by atoms with E-state index in [0.717, 1.165) is 32.5 Å². The molecule has 1 fully saturated rings. The van der Waals surface area contributed by atoms with Gasteiger partial charge in [-0.3, -0.25) is 9.69 Å². The molecule has 0 bridgehead atoms. The lowest BCUT2D eigenvalue weighted by Gasteiger charge is -2.32. The van der Waals surface area contributed by atoms with Crippen molar-refractivity contribution in [3.63, 3.8) is 0 Å². The van der Waals surface area contributed by atoms with Crippen molar-refractivity contribution in [2.45, 2.75) is 26.1 Å². The van der Waals surface area contributed by atoms with Crippen LogP contribution in [0.3, 0.4) is 0 Å². The number of nitrogens with zero attached hydrogens (tertiary/aromatic N) is 1. The lowest BCUT2D eigenvalue weighted by molar-refractivity contribution is -0.150. The number of piperidine rings is 1. The minimum absolute atomic E-state index is 0.0535. The Balaban J connectivity index is 2.28. The number of ether oxygens (including phenoxy) is 3. The number of rotatable bonds is 6. The van der Waals surface area contributed by atoms with Crippen LogP contribution in [0.15, 0.2) is 0 Å². The molecule has 17 heavy (non-hydrogen) atoms. The summed E-state index contributed by atoms with van der Waals surface area (Å²) < 4.78 is 15.4. The van der Waals surface area contributed by atoms with Gasteiger partial charge in [0.1, 0.15) is 0 Å². The molecule has 1 saturated heterocycles. The van der Waals surface area contributed by atoms with Gasteiger partial charge in [0.15, 0.2) is 6.29 Å². The van der Waals surface area contributed by atoms with Gasteiger partial charge in [0.25, 0.3) is 0 Å². The number of carbonyl (C=O) groups excluding carboxylic acids is 1. The van der Waals surface area contributed by atoms with Crippen LogP contribution in [-0.2, 0) is 19.0 Å². The number of likely N-dealkylation sites (tertiary alicyclic amines) is 1. The van der Waals surface area contributed by atoms with Crippen molar-refractivity contribution in [1.29, 1.82) is 0 Å². The Labute approximate surface area is 103 Å². The second kappa shape index (κ2) is 7.63. The Kier molecular flexibility index (Phi) is 6.47. The van der Waals surface area contributed by atoms with Gasteiger partial charge in [0.2, 0.25) is 0 Å². The quantitative estimate of drug-likeness (QED) is 0.513. The summed E-state index contributed by atoms with van der Waals surface area (Å²) in [6, 6.07) is 0. The van der Waals surface area contributed by atoms with Crippen molar-refractivity contribution in [2.24, 2.45) is 5.92 Å². The van der Waals surface area contributed by atoms with Crippen LogP contribution in [0.2, 0.25) is 0 Å². The highest BCUT2D eigenvalue weighted by molar-refractivity contribution is 5.72. The zero-order chi connectivity index (χ0) is 12.7. The first-order valence-electron chi connectivity index (χ1n) is 6.15. The fraction of sp³-hybridized carbons (Fsp3) is 0.917. The summed E-state index contributed by atoms with van der Waals surface area (Å²) >= 11 is 0. The average Bonchev–Trinajstić information content (AvgIpc) is 2.37. The Morgan fingerprint density at radius 2 is 1.88 bits per heavy atom. The molecule has 1 aliphatic heterocycles. The van der Waals surface area contributed by atoms with Gasteiger partial charge in [0, 0.05) is 20.8 Å². The van der Waals surface area contributed by atoms with E-state index in [9.17, 15) is 4.79 Å². The van der Waals surface area contributed by atoms with Crippen LogP contribution in [-0.4, -0.2) is 57.6 Å². The van der Waals surface area contributed by atoms with Crippen molar-refractivity contribution in [2.75, 3.05) is 40.5 Å². The van der Waals surface area contributed by atoms with Crippen LogP contribution in [0.5, 0.6) is 0 Å². The van der Waals surface area contributed by atoms with E-state index in [1.165, 1.54) is 0 Å². The van der Waals surface area contributed by atoms with Gasteiger partial charge in [-0.05, 0) is 32.9 Å². The molecule has 0 aliphatic carbocycles. The van der Waals surface area contributed by atoms with E-state index < -0.39 is 0 Å². The Morgan fingerprint density at radius 1 is 1.29 bits per heavy atom. The van der Waals surface area contributed by atoms with Crippen LogP contribution >= 0.6 is 0 Å². The van der Waals surface area contributed by atoms with Gasteiger partial charge >= 0.3 is 5.97 Å². The highest BCUT2D eigenvalue weighted by Gasteiger charge is 2.26. The minimum atomic E-state index is -0.186. The van der Waals surface area contributed by atoms with E-state index in [-0.39, 0.29) is 18.2 Å². The molecule has 1 heterocycles. The van der Waals surface area contributed by atoms with Gasteiger partial charge < -0.3 is 14.2 Å². The molecule has 0 aromatic rings. The zero-order valence-corrected chi connectivity index (χ0v) is 11.0. The summed E-state index contributed by atoms with van der Waals surface area (Å²) in [6.07, 6.45) is 1.53. The highest BCUT2D eigenvalue weighted by Crippen LogP contribution is 2.19. The maximum atomic E-state index is 11.5. The second-order valence-electron chi connectivity index (χ2n) is 4.23. The van der Waals surface area contributed by atoms with Gasteiger partial charge in [-0.1, -0.05) is 0 Å². The molecular formula is C12H23NO4. The van der Waals surface area contributed by atoms with Crippen molar-refractivity contribution < 1.29 is 19.0 Å². The SMILES string of the molecule is CCOC(=O)C1CCN(CC(OC)OC)CC1. The predicted molar refractivity (Wildman–Crippen MR) is 63.6 cm³/mol. The molecule has 0 aromatic carbocycles. The third-order valence-electron chi connectivity index (χ3n) is 3.14. The molecular weight excluding hydrogens is 222 g/mol. The zero-order valence-electron chi connectivity index (χ0n) is 11.0. The van der Waals surface area contributed by atoms with Gasteiger partial charge in [-0.15, -0.1) is 0 Å². The lowest BCUT2D eigenvalue weighted by Crippen LogP contribution is -2.41. The molecule has 5 heteroatoms. The van der Waals surface area contributed by atoms with E-state index in [1.807, 2.05) is 6.92 Å². The lowest BCUT2D eigenvalue weighted by atomic mass is 9.97. The maximum absolute atomic E-state index is 11.5. The number of methoxy groups -OCH3 is 2. The Morgan fingerprint density at radius 3 is 2.35 bits per heavy atom. The third-order valence-corrected chi connectivity index (χ3v) is 3.14. The summed E-state index contributed by atoms with van der Waals surface area (Å²) in [7, 11) is 3.28. The molecule has 0 unspecified atom stereocenters. The molecule has 0 amide bonds. The van der Waals surface area contributed by atoms with E-state index in [2.05, 4.69) is 4.90 Å². The normalized spacial score (nSPS) is 18.6. The maximum Gasteiger partial charge on any atom is 0.309 e. The molecule has 0 radical (unpaired) electrons. The smallest absolute Gasteiger partial charge is 0.309 e. The van der Waals surface area contributed by atoms with Gasteiger partial charge in [0.05, 0.1) is 12.5 Å². The molecule has 0 spiro atoms. The van der Waals surface area contributed by atoms with E-state index in [1.54, 1.807) is 14.2 Å². The first-order valence-corrected chi connectivity index (χ1v) is 6.15. The third kappa shape index (κ3) is 4.61. The largest absolute Gasteiger partial charge is 0.466 e. The highest BCUT2D eigenvalue weighted by atomic mass is 16.7. The summed E-state index contributed by atoms with van der Waals surface area (Å²) in [4.78, 5) is 13.8. The standard InChI is InChI=1S/C12H23NO4/c1-4-17-12(14)10-5-7-13(8-6-10)9-11(15-2)16-3/h10-11H,4-9H2,1-3H3. The fourth-order valence-electron chi connectivity index (χ4n) is 2.07. The summed E-state index contributed by atoms with van der Waals surface area (Å²) in [6.45, 7) is 4.85. The molecule has 1 aliphatic rings. The van der Waals surface area contributed by atoms with Crippen LogP contribution < -0.4 is 0 Å². The fourth-order valence-corrected chi connectivity index (χ4v) is 2.07. The van der Waals surface area contributed by atoms with Gasteiger partial charge in [-0.2, -0.15) is 0 Å². The average molecular weight is 245 g/mol. The Bertz CT molecular complexity index is 223. The molecule has 5 nitrogen and oxygen atoms in total. The van der Waals surface area contributed by atoms with Crippen LogP contribution in [0.4, 0.5) is 0 Å². The summed E-state index contributed by atoms with van der Waals surface area (Å²) in [5, 5.41) is 0. The van der Waals surface area contributed by atoms with Crippen molar-refractivity contribution in [1.82, 2.24) is 4.90 Å². The van der Waals surface area contributed by atoms with Crippen molar-refractivity contribution >= 4 is 5.97 Å². The van der Waals surface area contributed by atoms with E-state index in [0.29, 0.717) is 6.61 Å². The monoisotopic (exact) mass is 245 g/mol. The van der Waals surface area contributed by atoms with Crippen LogP contribution in [0.1, 0.15) is 19.8 Å². The summed E-state index contributed by atoms with van der Waals surface area (Å²) in [5.74, 6) is 0.0110. The number of hydrogen-bond donors (Lipinski definition) is 0. The van der Waals surface area contributed by atoms with Crippen LogP contribution in [0.25, 0.3) is 0 Å². The van der Waals surface area contributed by atoms with Crippen molar-refractivity contribution in [3.05, 3.63) is 0 Å². The summed E-state index contributed by atoms with van der Waals surface area (Å²) in [5.41, 5.74) is 0. The second-order valence-corrected chi connectivity index (χ2v) is 4.23. The topological polar surface area (TPSA) is 48.0 Å². The Hall–Kier alpha value is -0.650.